The minimum atomic E-state index is -0.664. The van der Waals surface area contributed by atoms with E-state index in [9.17, 15) is 18.8 Å². The highest BCUT2D eigenvalue weighted by atomic mass is 19.1. The van der Waals surface area contributed by atoms with Crippen LogP contribution in [0.25, 0.3) is 0 Å². The average Bonchev–Trinajstić information content (AvgIpc) is 2.58. The maximum atomic E-state index is 13.8. The van der Waals surface area contributed by atoms with Gasteiger partial charge in [0.2, 0.25) is 11.7 Å². The molecule has 3 rings (SSSR count). The van der Waals surface area contributed by atoms with E-state index in [0.29, 0.717) is 31.9 Å². The molecule has 0 radical (unpaired) electrons. The molecule has 1 aliphatic heterocycles. The first kappa shape index (κ1) is 17.4. The Labute approximate surface area is 146 Å². The van der Waals surface area contributed by atoms with Crippen molar-refractivity contribution in [3.8, 4) is 0 Å². The number of hydrogen-bond donors (Lipinski definition) is 1. The van der Waals surface area contributed by atoms with E-state index in [1.54, 1.807) is 23.1 Å². The molecule has 6 nitrogen and oxygen atoms in total. The highest BCUT2D eigenvalue weighted by Gasteiger charge is 2.30. The monoisotopic (exact) mass is 347 g/mol. The van der Waals surface area contributed by atoms with Gasteiger partial charge in [0.1, 0.15) is 5.82 Å². The van der Waals surface area contributed by atoms with Gasteiger partial charge < -0.3 is 15.1 Å². The maximum absolute atomic E-state index is 13.8. The summed E-state index contributed by atoms with van der Waals surface area (Å²) >= 11 is 0. The highest BCUT2D eigenvalue weighted by Crippen LogP contribution is 2.27. The van der Waals surface area contributed by atoms with Crippen LogP contribution in [-0.4, -0.2) is 55.2 Å². The Balaban J connectivity index is 1.44. The molecule has 0 spiro atoms. The summed E-state index contributed by atoms with van der Waals surface area (Å²) in [6.07, 6.45) is 2.51. The molecular formula is C18H22FN3O3. The second kappa shape index (κ2) is 7.63. The summed E-state index contributed by atoms with van der Waals surface area (Å²) in [7, 11) is 0. The van der Waals surface area contributed by atoms with Gasteiger partial charge in [0.25, 0.3) is 5.91 Å². The first-order chi connectivity index (χ1) is 12.1. The van der Waals surface area contributed by atoms with Crippen molar-refractivity contribution >= 4 is 23.3 Å². The van der Waals surface area contributed by atoms with Gasteiger partial charge in [0.15, 0.2) is 0 Å². The predicted octanol–water partition coefficient (Wildman–Crippen LogP) is 0.960. The minimum absolute atomic E-state index is 0.167. The van der Waals surface area contributed by atoms with Gasteiger partial charge in [0.05, 0.1) is 12.2 Å². The van der Waals surface area contributed by atoms with Crippen LogP contribution in [0, 0.1) is 11.7 Å². The number of benzene rings is 1. The van der Waals surface area contributed by atoms with Crippen molar-refractivity contribution in [1.82, 2.24) is 10.2 Å². The SMILES string of the molecule is O=C(NCC(=O)N1CCN(c2ccccc2F)CC1)C(=O)C1CCC1. The van der Waals surface area contributed by atoms with Crippen LogP contribution in [0.5, 0.6) is 0 Å². The van der Waals surface area contributed by atoms with E-state index in [-0.39, 0.29) is 24.2 Å². The molecule has 2 fully saturated rings. The number of halogens is 1. The Morgan fingerprint density at radius 2 is 1.76 bits per heavy atom. The molecule has 1 aliphatic carbocycles. The smallest absolute Gasteiger partial charge is 0.288 e. The summed E-state index contributed by atoms with van der Waals surface area (Å²) in [6.45, 7) is 1.81. The zero-order valence-electron chi connectivity index (χ0n) is 14.0. The number of carbonyl (C=O) groups excluding carboxylic acids is 3. The lowest BCUT2D eigenvalue weighted by molar-refractivity contribution is -0.142. The van der Waals surface area contributed by atoms with Crippen LogP contribution >= 0.6 is 0 Å². The Morgan fingerprint density at radius 1 is 1.08 bits per heavy atom. The van der Waals surface area contributed by atoms with Crippen molar-refractivity contribution < 1.29 is 18.8 Å². The maximum Gasteiger partial charge on any atom is 0.288 e. The Bertz CT molecular complexity index is 667. The second-order valence-electron chi connectivity index (χ2n) is 6.49. The zero-order chi connectivity index (χ0) is 17.8. The fourth-order valence-electron chi connectivity index (χ4n) is 3.12. The number of carbonyl (C=O) groups is 3. The Morgan fingerprint density at radius 3 is 2.36 bits per heavy atom. The molecule has 0 unspecified atom stereocenters. The van der Waals surface area contributed by atoms with E-state index >= 15 is 0 Å². The Kier molecular flexibility index (Phi) is 5.31. The van der Waals surface area contributed by atoms with Crippen LogP contribution in [0.2, 0.25) is 0 Å². The average molecular weight is 347 g/mol. The summed E-state index contributed by atoms with van der Waals surface area (Å²) in [5.41, 5.74) is 0.536. The van der Waals surface area contributed by atoms with Crippen LogP contribution in [0.1, 0.15) is 19.3 Å². The standard InChI is InChI=1S/C18H22FN3O3/c19-14-6-1-2-7-15(14)21-8-10-22(11-9-21)16(23)12-20-18(25)17(24)13-4-3-5-13/h1-2,6-7,13H,3-5,8-12H2,(H,20,25). The van der Waals surface area contributed by atoms with Crippen LogP contribution in [0.15, 0.2) is 24.3 Å². The van der Waals surface area contributed by atoms with Crippen LogP contribution in [-0.2, 0) is 14.4 Å². The number of ketones is 1. The lowest BCUT2D eigenvalue weighted by Crippen LogP contribution is -2.52. The van der Waals surface area contributed by atoms with Gasteiger partial charge in [-0.15, -0.1) is 0 Å². The van der Waals surface area contributed by atoms with Crippen molar-refractivity contribution in [2.75, 3.05) is 37.6 Å². The van der Waals surface area contributed by atoms with Gasteiger partial charge in [-0.2, -0.15) is 0 Å². The molecule has 1 aromatic carbocycles. The third-order valence-electron chi connectivity index (χ3n) is 4.93. The van der Waals surface area contributed by atoms with Crippen LogP contribution < -0.4 is 10.2 Å². The lowest BCUT2D eigenvalue weighted by atomic mass is 9.82. The minimum Gasteiger partial charge on any atom is -0.366 e. The lowest BCUT2D eigenvalue weighted by Gasteiger charge is -2.36. The molecule has 134 valence electrons. The summed E-state index contributed by atoms with van der Waals surface area (Å²) in [5, 5.41) is 2.43. The number of anilines is 1. The number of rotatable bonds is 5. The molecule has 1 saturated carbocycles. The largest absolute Gasteiger partial charge is 0.366 e. The molecule has 2 amide bonds. The summed E-state index contributed by atoms with van der Waals surface area (Å²) in [5.74, 6) is -1.74. The van der Waals surface area contributed by atoms with Crippen molar-refractivity contribution in [1.29, 1.82) is 0 Å². The number of hydrogen-bond acceptors (Lipinski definition) is 4. The van der Waals surface area contributed by atoms with E-state index in [2.05, 4.69) is 5.32 Å². The van der Waals surface area contributed by atoms with E-state index in [0.717, 1.165) is 19.3 Å². The molecule has 0 aromatic heterocycles. The van der Waals surface area contributed by atoms with Gasteiger partial charge in [0, 0.05) is 32.1 Å². The third-order valence-corrected chi connectivity index (χ3v) is 4.93. The highest BCUT2D eigenvalue weighted by molar-refractivity contribution is 6.37. The van der Waals surface area contributed by atoms with E-state index in [1.807, 2.05) is 4.90 Å². The molecule has 7 heteroatoms. The van der Waals surface area contributed by atoms with Crippen molar-refractivity contribution in [2.24, 2.45) is 5.92 Å². The summed E-state index contributed by atoms with van der Waals surface area (Å²) < 4.78 is 13.8. The zero-order valence-corrected chi connectivity index (χ0v) is 14.0. The molecule has 1 aromatic rings. The summed E-state index contributed by atoms with van der Waals surface area (Å²) in [6, 6.07) is 6.57. The first-order valence-corrected chi connectivity index (χ1v) is 8.65. The van der Waals surface area contributed by atoms with Crippen molar-refractivity contribution in [3.63, 3.8) is 0 Å². The normalized spacial score (nSPS) is 17.8. The molecule has 1 N–H and O–H groups in total. The van der Waals surface area contributed by atoms with Crippen LogP contribution in [0.3, 0.4) is 0 Å². The molecule has 1 saturated heterocycles. The van der Waals surface area contributed by atoms with Gasteiger partial charge in [-0.25, -0.2) is 4.39 Å². The second-order valence-corrected chi connectivity index (χ2v) is 6.49. The fraction of sp³-hybridized carbons (Fsp3) is 0.500. The number of para-hydroxylation sites is 1. The summed E-state index contributed by atoms with van der Waals surface area (Å²) in [4.78, 5) is 39.3. The molecule has 1 heterocycles. The van der Waals surface area contributed by atoms with Gasteiger partial charge >= 0.3 is 0 Å². The first-order valence-electron chi connectivity index (χ1n) is 8.65. The van der Waals surface area contributed by atoms with Crippen molar-refractivity contribution in [3.05, 3.63) is 30.1 Å². The third kappa shape index (κ3) is 3.97. The molecule has 2 aliphatic rings. The van der Waals surface area contributed by atoms with Crippen LogP contribution in [0.4, 0.5) is 10.1 Å². The van der Waals surface area contributed by atoms with E-state index in [4.69, 9.17) is 0 Å². The molecule has 0 atom stereocenters. The number of nitrogens with one attached hydrogen (secondary N) is 1. The van der Waals surface area contributed by atoms with Gasteiger partial charge in [-0.05, 0) is 25.0 Å². The van der Waals surface area contributed by atoms with Gasteiger partial charge in [-0.3, -0.25) is 14.4 Å². The molecule has 0 bridgehead atoms. The number of Topliss-reactive ketones (excluding diaryl/α,β-unsaturated/α-hetero) is 1. The quantitative estimate of drug-likeness (QED) is 0.806. The molecular weight excluding hydrogens is 325 g/mol. The fourth-order valence-corrected chi connectivity index (χ4v) is 3.12. The van der Waals surface area contributed by atoms with Gasteiger partial charge in [-0.1, -0.05) is 18.6 Å². The Hall–Kier alpha value is -2.44. The van der Waals surface area contributed by atoms with E-state index in [1.165, 1.54) is 6.07 Å². The van der Waals surface area contributed by atoms with Crippen molar-refractivity contribution in [2.45, 2.75) is 19.3 Å². The number of piperazine rings is 1. The molecule has 25 heavy (non-hydrogen) atoms. The topological polar surface area (TPSA) is 69.7 Å². The number of nitrogens with zero attached hydrogens (tertiary/aromatic N) is 2. The number of amides is 2. The predicted molar refractivity (Wildman–Crippen MR) is 90.6 cm³/mol. The van der Waals surface area contributed by atoms with E-state index < -0.39 is 11.7 Å².